The molecule has 0 aliphatic heterocycles. The number of rotatable bonds is 7. The minimum absolute atomic E-state index is 0.133. The van der Waals surface area contributed by atoms with Gasteiger partial charge in [0.1, 0.15) is 5.75 Å². The van der Waals surface area contributed by atoms with Crippen LogP contribution in [0.2, 0.25) is 0 Å². The van der Waals surface area contributed by atoms with E-state index in [0.29, 0.717) is 6.54 Å². The summed E-state index contributed by atoms with van der Waals surface area (Å²) in [5.41, 5.74) is 6.80. The fraction of sp³-hybridized carbons (Fsp3) is 0.571. The Labute approximate surface area is 104 Å². The highest BCUT2D eigenvalue weighted by Gasteiger charge is 2.27. The first-order valence-corrected chi connectivity index (χ1v) is 6.13. The lowest BCUT2D eigenvalue weighted by atomic mass is 9.78. The Kier molecular flexibility index (Phi) is 5.45. The Morgan fingerprint density at radius 1 is 1.41 bits per heavy atom. The van der Waals surface area contributed by atoms with Gasteiger partial charge >= 0.3 is 0 Å². The molecule has 0 bridgehead atoms. The molecule has 3 heteroatoms. The van der Waals surface area contributed by atoms with Crippen molar-refractivity contribution < 1.29 is 9.84 Å². The molecule has 3 N–H and O–H groups in total. The van der Waals surface area contributed by atoms with Gasteiger partial charge in [-0.3, -0.25) is 0 Å². The first kappa shape index (κ1) is 14.0. The number of hydrogen-bond donors (Lipinski definition) is 2. The number of methoxy groups -OCH3 is 1. The Morgan fingerprint density at radius 3 is 2.71 bits per heavy atom. The summed E-state index contributed by atoms with van der Waals surface area (Å²) in [7, 11) is 1.66. The summed E-state index contributed by atoms with van der Waals surface area (Å²) >= 11 is 0. The summed E-state index contributed by atoms with van der Waals surface area (Å²) in [6, 6.07) is 7.96. The van der Waals surface area contributed by atoms with Gasteiger partial charge in [0, 0.05) is 12.0 Å². The van der Waals surface area contributed by atoms with E-state index in [1.165, 1.54) is 0 Å². The molecular weight excluding hydrogens is 214 g/mol. The van der Waals surface area contributed by atoms with E-state index in [4.69, 9.17) is 10.5 Å². The van der Waals surface area contributed by atoms with E-state index in [1.54, 1.807) is 7.11 Å². The van der Waals surface area contributed by atoms with Crippen LogP contribution in [-0.2, 0) is 6.42 Å². The van der Waals surface area contributed by atoms with Crippen molar-refractivity contribution in [1.82, 2.24) is 0 Å². The Balaban J connectivity index is 2.84. The molecule has 0 aromatic heterocycles. The predicted octanol–water partition coefficient (Wildman–Crippen LogP) is 1.98. The summed E-state index contributed by atoms with van der Waals surface area (Å²) in [6.07, 6.45) is 2.77. The van der Waals surface area contributed by atoms with E-state index in [-0.39, 0.29) is 12.0 Å². The fourth-order valence-electron chi connectivity index (χ4n) is 2.21. The van der Waals surface area contributed by atoms with Crippen molar-refractivity contribution in [2.75, 3.05) is 20.3 Å². The Morgan fingerprint density at radius 2 is 2.18 bits per heavy atom. The number of aliphatic hydroxyl groups is 1. The van der Waals surface area contributed by atoms with Gasteiger partial charge in [-0.1, -0.05) is 25.5 Å². The van der Waals surface area contributed by atoms with Crippen LogP contribution in [0.1, 0.15) is 25.3 Å². The zero-order chi connectivity index (χ0) is 12.7. The third-order valence-electron chi connectivity index (χ3n) is 3.26. The molecule has 0 saturated carbocycles. The molecule has 1 atom stereocenters. The van der Waals surface area contributed by atoms with E-state index in [2.05, 4.69) is 13.0 Å². The van der Waals surface area contributed by atoms with Gasteiger partial charge in [-0.25, -0.2) is 0 Å². The van der Waals surface area contributed by atoms with Crippen molar-refractivity contribution in [2.45, 2.75) is 26.2 Å². The van der Waals surface area contributed by atoms with Gasteiger partial charge < -0.3 is 15.6 Å². The predicted molar refractivity (Wildman–Crippen MR) is 70.2 cm³/mol. The molecule has 0 spiro atoms. The number of aliphatic hydroxyl groups excluding tert-OH is 1. The molecule has 17 heavy (non-hydrogen) atoms. The summed E-state index contributed by atoms with van der Waals surface area (Å²) in [5, 5.41) is 9.58. The second-order valence-corrected chi connectivity index (χ2v) is 4.64. The van der Waals surface area contributed by atoms with Gasteiger partial charge in [-0.15, -0.1) is 0 Å². The van der Waals surface area contributed by atoms with Crippen molar-refractivity contribution in [3.8, 4) is 5.75 Å². The highest BCUT2D eigenvalue weighted by molar-refractivity contribution is 5.29. The zero-order valence-corrected chi connectivity index (χ0v) is 10.8. The van der Waals surface area contributed by atoms with Gasteiger partial charge in [0.25, 0.3) is 0 Å². The molecule has 0 saturated heterocycles. The van der Waals surface area contributed by atoms with Crippen molar-refractivity contribution in [3.63, 3.8) is 0 Å². The molecule has 0 fully saturated rings. The maximum atomic E-state index is 9.58. The SMILES string of the molecule is CCCC(CN)(CO)Cc1cccc(OC)c1. The molecule has 1 rings (SSSR count). The molecule has 0 radical (unpaired) electrons. The maximum Gasteiger partial charge on any atom is 0.119 e. The second-order valence-electron chi connectivity index (χ2n) is 4.64. The van der Waals surface area contributed by atoms with Crippen LogP contribution in [0, 0.1) is 5.41 Å². The fourth-order valence-corrected chi connectivity index (χ4v) is 2.21. The Hall–Kier alpha value is -1.06. The third kappa shape index (κ3) is 3.72. The maximum absolute atomic E-state index is 9.58. The van der Waals surface area contributed by atoms with Crippen LogP contribution in [0.15, 0.2) is 24.3 Å². The molecule has 96 valence electrons. The number of ether oxygens (including phenoxy) is 1. The molecule has 0 heterocycles. The molecule has 0 amide bonds. The first-order chi connectivity index (χ1) is 8.19. The third-order valence-corrected chi connectivity index (χ3v) is 3.26. The standard InChI is InChI=1S/C14H23NO2/c1-3-7-14(10-15,11-16)9-12-5-4-6-13(8-12)17-2/h4-6,8,16H,3,7,9-11,15H2,1-2H3. The topological polar surface area (TPSA) is 55.5 Å². The molecule has 1 aromatic carbocycles. The normalized spacial score (nSPS) is 14.4. The molecule has 0 aliphatic rings. The quantitative estimate of drug-likeness (QED) is 0.762. The van der Waals surface area contributed by atoms with Crippen molar-refractivity contribution in [2.24, 2.45) is 11.1 Å². The van der Waals surface area contributed by atoms with Gasteiger partial charge in [0.05, 0.1) is 13.7 Å². The van der Waals surface area contributed by atoms with Crippen LogP contribution in [0.5, 0.6) is 5.75 Å². The van der Waals surface area contributed by atoms with Gasteiger partial charge in [0.2, 0.25) is 0 Å². The number of benzene rings is 1. The molecule has 1 unspecified atom stereocenters. The van der Waals surface area contributed by atoms with Crippen LogP contribution < -0.4 is 10.5 Å². The van der Waals surface area contributed by atoms with Gasteiger partial charge in [-0.05, 0) is 30.5 Å². The van der Waals surface area contributed by atoms with Crippen molar-refractivity contribution in [3.05, 3.63) is 29.8 Å². The minimum atomic E-state index is -0.193. The number of hydrogen-bond acceptors (Lipinski definition) is 3. The van der Waals surface area contributed by atoms with E-state index in [9.17, 15) is 5.11 Å². The van der Waals surface area contributed by atoms with E-state index < -0.39 is 0 Å². The van der Waals surface area contributed by atoms with Gasteiger partial charge in [-0.2, -0.15) is 0 Å². The van der Waals surface area contributed by atoms with Crippen LogP contribution in [-0.4, -0.2) is 25.4 Å². The average molecular weight is 237 g/mol. The van der Waals surface area contributed by atoms with Crippen LogP contribution in [0.3, 0.4) is 0 Å². The lowest BCUT2D eigenvalue weighted by Crippen LogP contribution is -2.36. The minimum Gasteiger partial charge on any atom is -0.497 e. The summed E-state index contributed by atoms with van der Waals surface area (Å²) in [6.45, 7) is 2.76. The van der Waals surface area contributed by atoms with Crippen LogP contribution in [0.4, 0.5) is 0 Å². The lowest BCUT2D eigenvalue weighted by molar-refractivity contribution is 0.121. The van der Waals surface area contributed by atoms with E-state index in [0.717, 1.165) is 30.6 Å². The molecule has 0 aliphatic carbocycles. The van der Waals surface area contributed by atoms with Crippen molar-refractivity contribution >= 4 is 0 Å². The van der Waals surface area contributed by atoms with E-state index in [1.807, 2.05) is 18.2 Å². The summed E-state index contributed by atoms with van der Waals surface area (Å²) in [4.78, 5) is 0. The summed E-state index contributed by atoms with van der Waals surface area (Å²) < 4.78 is 5.20. The smallest absolute Gasteiger partial charge is 0.119 e. The average Bonchev–Trinajstić information content (AvgIpc) is 2.38. The molecule has 3 nitrogen and oxygen atoms in total. The largest absolute Gasteiger partial charge is 0.497 e. The number of nitrogens with two attached hydrogens (primary N) is 1. The van der Waals surface area contributed by atoms with Crippen LogP contribution in [0.25, 0.3) is 0 Å². The molecule has 1 aromatic rings. The zero-order valence-electron chi connectivity index (χ0n) is 10.8. The Bertz CT molecular complexity index is 335. The van der Waals surface area contributed by atoms with Crippen LogP contribution >= 0.6 is 0 Å². The van der Waals surface area contributed by atoms with E-state index >= 15 is 0 Å². The lowest BCUT2D eigenvalue weighted by Gasteiger charge is -2.30. The highest BCUT2D eigenvalue weighted by atomic mass is 16.5. The second kappa shape index (κ2) is 6.62. The molecular formula is C14H23NO2. The van der Waals surface area contributed by atoms with Crippen molar-refractivity contribution in [1.29, 1.82) is 0 Å². The summed E-state index contributed by atoms with van der Waals surface area (Å²) in [5.74, 6) is 0.850. The van der Waals surface area contributed by atoms with Gasteiger partial charge in [0.15, 0.2) is 0 Å². The highest BCUT2D eigenvalue weighted by Crippen LogP contribution is 2.28. The first-order valence-electron chi connectivity index (χ1n) is 6.13. The monoisotopic (exact) mass is 237 g/mol.